The van der Waals surface area contributed by atoms with Gasteiger partial charge in [-0.2, -0.15) is 0 Å². The number of hydrogen-bond acceptors (Lipinski definition) is 4. The van der Waals surface area contributed by atoms with Gasteiger partial charge in [-0.05, 0) is 51.1 Å². The van der Waals surface area contributed by atoms with E-state index in [9.17, 15) is 13.4 Å². The molecule has 1 heterocycles. The average Bonchev–Trinajstić information content (AvgIpc) is 2.96. The highest BCUT2D eigenvalue weighted by atomic mass is 35.5. The Morgan fingerprint density at radius 2 is 2.00 bits per heavy atom. The zero-order valence-corrected chi connectivity index (χ0v) is 16.1. The lowest BCUT2D eigenvalue weighted by Gasteiger charge is -2.27. The van der Waals surface area contributed by atoms with Crippen molar-refractivity contribution >= 4 is 32.9 Å². The number of nitrogens with one attached hydrogen (secondary N) is 2. The van der Waals surface area contributed by atoms with E-state index in [0.717, 1.165) is 5.56 Å². The Morgan fingerprint density at radius 1 is 1.30 bits per heavy atom. The van der Waals surface area contributed by atoms with Crippen LogP contribution in [-0.4, -0.2) is 38.2 Å². The van der Waals surface area contributed by atoms with Gasteiger partial charge in [0.25, 0.3) is 5.91 Å². The Kier molecular flexibility index (Phi) is 5.58. The lowest BCUT2D eigenvalue weighted by atomic mass is 9.97. The number of carbonyl (C=O) groups excluding carboxylic acids is 1. The molecule has 0 spiro atoms. The van der Waals surface area contributed by atoms with Crippen LogP contribution < -0.4 is 10.8 Å². The molecule has 0 bridgehead atoms. The molecule has 2 aromatic rings. The maximum absolute atomic E-state index is 14.0. The lowest BCUT2D eigenvalue weighted by Crippen LogP contribution is -2.57. The fourth-order valence-electron chi connectivity index (χ4n) is 3.26. The Morgan fingerprint density at radius 3 is 2.56 bits per heavy atom. The van der Waals surface area contributed by atoms with Gasteiger partial charge in [-0.25, -0.2) is 9.87 Å². The summed E-state index contributed by atoms with van der Waals surface area (Å²) in [5.41, 5.74) is 2.55. The third kappa shape index (κ3) is 4.32. The smallest absolute Gasteiger partial charge is 0.264 e. The van der Waals surface area contributed by atoms with Crippen LogP contribution >= 0.6 is 11.6 Å². The molecule has 0 saturated carbocycles. The molecule has 2 aromatic carbocycles. The van der Waals surface area contributed by atoms with E-state index in [1.54, 1.807) is 29.7 Å². The monoisotopic (exact) mass is 410 g/mol. The van der Waals surface area contributed by atoms with Crippen LogP contribution in [0.15, 0.2) is 42.5 Å². The minimum Gasteiger partial charge on any atom is -0.298 e. The summed E-state index contributed by atoms with van der Waals surface area (Å²) in [6, 6.07) is 11.7. The number of hydrogen-bond donors (Lipinski definition) is 3. The summed E-state index contributed by atoms with van der Waals surface area (Å²) in [6.45, 7) is 0.326. The topological polar surface area (TPSA) is 78.4 Å². The molecule has 144 valence electrons. The molecular formula is C19H20ClFN2O3S. The molecule has 27 heavy (non-hydrogen) atoms. The number of hydroxylamine groups is 1. The second-order valence-electron chi connectivity index (χ2n) is 6.76. The van der Waals surface area contributed by atoms with Crippen LogP contribution in [0.25, 0.3) is 11.1 Å². The Hall–Kier alpha value is -1.93. The molecule has 3 rings (SSSR count). The van der Waals surface area contributed by atoms with Crippen LogP contribution in [0.2, 0.25) is 5.02 Å². The van der Waals surface area contributed by atoms with Gasteiger partial charge < -0.3 is 0 Å². The molecule has 2 atom stereocenters. The summed E-state index contributed by atoms with van der Waals surface area (Å²) in [6.07, 6.45) is 0.329. The Balaban J connectivity index is 1.75. The van der Waals surface area contributed by atoms with E-state index in [4.69, 9.17) is 16.8 Å². The van der Waals surface area contributed by atoms with E-state index in [1.165, 1.54) is 6.07 Å². The molecule has 0 radical (unpaired) electrons. The average molecular weight is 411 g/mol. The first-order valence-electron chi connectivity index (χ1n) is 8.31. The van der Waals surface area contributed by atoms with Crippen LogP contribution in [0, 0.1) is 5.82 Å². The quantitative estimate of drug-likeness (QED) is 0.402. The van der Waals surface area contributed by atoms with Crippen LogP contribution in [0.3, 0.4) is 0 Å². The summed E-state index contributed by atoms with van der Waals surface area (Å²) >= 11 is 5.78. The predicted octanol–water partition coefficient (Wildman–Crippen LogP) is 2.60. The van der Waals surface area contributed by atoms with Crippen molar-refractivity contribution < 1.29 is 18.6 Å². The largest absolute Gasteiger partial charge is 0.298 e. The van der Waals surface area contributed by atoms with E-state index in [0.29, 0.717) is 34.9 Å². The van der Waals surface area contributed by atoms with Crippen molar-refractivity contribution in [2.24, 2.45) is 0 Å². The Labute approximate surface area is 162 Å². The molecule has 3 N–H and O–H groups in total. The van der Waals surface area contributed by atoms with Crippen molar-refractivity contribution in [2.45, 2.75) is 18.5 Å². The first-order valence-corrected chi connectivity index (χ1v) is 10.8. The van der Waals surface area contributed by atoms with Crippen molar-refractivity contribution in [2.75, 3.05) is 11.5 Å². The van der Waals surface area contributed by atoms with Gasteiger partial charge in [0, 0.05) is 28.6 Å². The minimum atomic E-state index is -2.35. The normalized spacial score (nSPS) is 24.7. The van der Waals surface area contributed by atoms with Gasteiger partial charge in [0.05, 0.1) is 0 Å². The van der Waals surface area contributed by atoms with Gasteiger partial charge in [0.1, 0.15) is 11.4 Å². The zero-order valence-electron chi connectivity index (χ0n) is 14.5. The minimum absolute atomic E-state index is 0.0699. The van der Waals surface area contributed by atoms with E-state index in [-0.39, 0.29) is 5.75 Å². The molecule has 1 aliphatic rings. The van der Waals surface area contributed by atoms with Crippen LogP contribution in [-0.2, 0) is 20.9 Å². The highest BCUT2D eigenvalue weighted by molar-refractivity contribution is 8.00. The van der Waals surface area contributed by atoms with E-state index in [1.807, 2.05) is 12.1 Å². The summed E-state index contributed by atoms with van der Waals surface area (Å²) in [7, 11) is -2.35. The molecule has 1 aliphatic heterocycles. The van der Waals surface area contributed by atoms with Crippen LogP contribution in [0.4, 0.5) is 4.39 Å². The number of rotatable bonds is 5. The van der Waals surface area contributed by atoms with Crippen molar-refractivity contribution in [1.82, 2.24) is 10.8 Å². The van der Waals surface area contributed by atoms with E-state index in [2.05, 4.69) is 11.2 Å². The standard InChI is InChI=1S/C19H20ClFN2O3S/c1-27(26)9-8-19(12-27,18(24)23-25)22-11-13-2-4-14(5-3-13)16-7-6-15(20)10-17(16)21/h2-7,10,22,25H,1,8-9,11-12H2,(H,23,24). The summed E-state index contributed by atoms with van der Waals surface area (Å²) in [4.78, 5) is 12.1. The van der Waals surface area contributed by atoms with Crippen molar-refractivity contribution in [3.8, 4) is 11.1 Å². The first-order chi connectivity index (χ1) is 12.7. The van der Waals surface area contributed by atoms with Gasteiger partial charge >= 0.3 is 0 Å². The summed E-state index contributed by atoms with van der Waals surface area (Å²) < 4.78 is 26.3. The first kappa shape index (κ1) is 19.8. The van der Waals surface area contributed by atoms with Crippen LogP contribution in [0.1, 0.15) is 12.0 Å². The second kappa shape index (κ2) is 7.59. The van der Waals surface area contributed by atoms with Crippen LogP contribution in [0.5, 0.6) is 0 Å². The molecule has 8 heteroatoms. The maximum atomic E-state index is 14.0. The third-order valence-corrected chi connectivity index (χ3v) is 6.98. The number of amides is 1. The predicted molar refractivity (Wildman–Crippen MR) is 106 cm³/mol. The summed E-state index contributed by atoms with van der Waals surface area (Å²) in [5.74, 6) is 3.05. The number of halogens is 2. The van der Waals surface area contributed by atoms with Gasteiger partial charge in [-0.3, -0.25) is 19.5 Å². The Bertz CT molecular complexity index is 963. The van der Waals surface area contributed by atoms with Crippen molar-refractivity contribution in [3.05, 3.63) is 58.9 Å². The molecule has 0 aliphatic carbocycles. The van der Waals surface area contributed by atoms with Gasteiger partial charge in [-0.15, -0.1) is 0 Å². The van der Waals surface area contributed by atoms with Gasteiger partial charge in [0.15, 0.2) is 0 Å². The van der Waals surface area contributed by atoms with E-state index >= 15 is 0 Å². The van der Waals surface area contributed by atoms with Crippen molar-refractivity contribution in [3.63, 3.8) is 0 Å². The SMILES string of the molecule is C=S1(=O)CCC(NCc2ccc(-c3ccc(Cl)cc3F)cc2)(C(=O)NO)C1. The maximum Gasteiger partial charge on any atom is 0.264 e. The number of carbonyl (C=O) groups is 1. The zero-order chi connectivity index (χ0) is 19.7. The molecule has 2 unspecified atom stereocenters. The fourth-order valence-corrected chi connectivity index (χ4v) is 5.56. The summed E-state index contributed by atoms with van der Waals surface area (Å²) in [5, 5.41) is 12.5. The molecular weight excluding hydrogens is 391 g/mol. The highest BCUT2D eigenvalue weighted by Crippen LogP contribution is 2.27. The molecule has 0 aromatic heterocycles. The molecule has 1 fully saturated rings. The molecule has 5 nitrogen and oxygen atoms in total. The van der Waals surface area contributed by atoms with Crippen molar-refractivity contribution in [1.29, 1.82) is 0 Å². The van der Waals surface area contributed by atoms with Gasteiger partial charge in [0.2, 0.25) is 0 Å². The van der Waals surface area contributed by atoms with Gasteiger partial charge in [-0.1, -0.05) is 35.9 Å². The second-order valence-corrected chi connectivity index (χ2v) is 9.83. The fraction of sp³-hybridized carbons (Fsp3) is 0.263. The number of benzene rings is 2. The van der Waals surface area contributed by atoms with E-state index < -0.39 is 26.8 Å². The third-order valence-electron chi connectivity index (χ3n) is 4.77. The lowest BCUT2D eigenvalue weighted by molar-refractivity contribution is -0.135. The highest BCUT2D eigenvalue weighted by Gasteiger charge is 2.45. The molecule has 1 saturated heterocycles. The molecule has 1 amide bonds.